The summed E-state index contributed by atoms with van der Waals surface area (Å²) < 4.78 is 5.52. The molecule has 0 saturated carbocycles. The van der Waals surface area contributed by atoms with Gasteiger partial charge >= 0.3 is 5.97 Å². The van der Waals surface area contributed by atoms with Crippen molar-refractivity contribution in [2.45, 2.75) is 18.9 Å². The number of ether oxygens (including phenoxy) is 1. The Balaban J connectivity index is 1.52. The first kappa shape index (κ1) is 18.8. The SMILES string of the molecule is O=C(O)c1cccc(C(=O)Nc2ccc3c(c2)C(=O)N(C[C@@H]2CCCO2)C3=O)c1. The van der Waals surface area contributed by atoms with Crippen molar-refractivity contribution in [1.82, 2.24) is 4.90 Å². The predicted octanol–water partition coefficient (Wildman–Crippen LogP) is 2.41. The van der Waals surface area contributed by atoms with Crippen molar-refractivity contribution in [3.63, 3.8) is 0 Å². The minimum absolute atomic E-state index is 0.00264. The fourth-order valence-corrected chi connectivity index (χ4v) is 3.52. The first-order chi connectivity index (χ1) is 13.9. The number of carbonyl (C=O) groups excluding carboxylic acids is 3. The lowest BCUT2D eigenvalue weighted by atomic mass is 10.1. The van der Waals surface area contributed by atoms with Gasteiger partial charge in [-0.15, -0.1) is 0 Å². The van der Waals surface area contributed by atoms with Gasteiger partial charge in [0.2, 0.25) is 0 Å². The molecule has 29 heavy (non-hydrogen) atoms. The Kier molecular flexibility index (Phi) is 4.85. The molecule has 1 fully saturated rings. The van der Waals surface area contributed by atoms with Crippen LogP contribution in [-0.2, 0) is 4.74 Å². The molecule has 0 bridgehead atoms. The molecule has 2 heterocycles. The maximum atomic E-state index is 12.7. The van der Waals surface area contributed by atoms with E-state index in [1.165, 1.54) is 41.3 Å². The highest BCUT2D eigenvalue weighted by Crippen LogP contribution is 2.27. The Morgan fingerprint density at radius 2 is 1.83 bits per heavy atom. The van der Waals surface area contributed by atoms with Crippen molar-refractivity contribution in [1.29, 1.82) is 0 Å². The summed E-state index contributed by atoms with van der Waals surface area (Å²) in [6.45, 7) is 0.850. The summed E-state index contributed by atoms with van der Waals surface area (Å²) >= 11 is 0. The van der Waals surface area contributed by atoms with Crippen LogP contribution < -0.4 is 5.32 Å². The van der Waals surface area contributed by atoms with Gasteiger partial charge in [0.1, 0.15) is 0 Å². The Hall–Kier alpha value is -3.52. The normalized spacial score (nSPS) is 18.1. The van der Waals surface area contributed by atoms with E-state index in [0.717, 1.165) is 12.8 Å². The van der Waals surface area contributed by atoms with E-state index in [0.29, 0.717) is 17.9 Å². The van der Waals surface area contributed by atoms with Crippen LogP contribution in [0.1, 0.15) is 54.3 Å². The summed E-state index contributed by atoms with van der Waals surface area (Å²) in [6.07, 6.45) is 1.58. The first-order valence-electron chi connectivity index (χ1n) is 9.20. The molecule has 0 aliphatic carbocycles. The summed E-state index contributed by atoms with van der Waals surface area (Å²) in [4.78, 5) is 50.0. The number of carboxylic acid groups (broad SMARTS) is 1. The lowest BCUT2D eigenvalue weighted by Crippen LogP contribution is -2.36. The number of nitrogens with one attached hydrogen (secondary N) is 1. The zero-order chi connectivity index (χ0) is 20.5. The molecule has 2 N–H and O–H groups in total. The average Bonchev–Trinajstić information content (AvgIpc) is 3.31. The number of rotatable bonds is 5. The van der Waals surface area contributed by atoms with Crippen molar-refractivity contribution in [2.75, 3.05) is 18.5 Å². The van der Waals surface area contributed by atoms with Crippen molar-refractivity contribution >= 4 is 29.4 Å². The minimum Gasteiger partial charge on any atom is -0.478 e. The smallest absolute Gasteiger partial charge is 0.335 e. The number of amides is 3. The monoisotopic (exact) mass is 394 g/mol. The van der Waals surface area contributed by atoms with E-state index in [1.807, 2.05) is 0 Å². The average molecular weight is 394 g/mol. The van der Waals surface area contributed by atoms with Crippen LogP contribution in [-0.4, -0.2) is 53.0 Å². The van der Waals surface area contributed by atoms with Crippen LogP contribution in [0, 0.1) is 0 Å². The molecular weight excluding hydrogens is 376 g/mol. The van der Waals surface area contributed by atoms with E-state index < -0.39 is 17.8 Å². The molecular formula is C21H18N2O6. The van der Waals surface area contributed by atoms with Crippen LogP contribution in [0.15, 0.2) is 42.5 Å². The fourth-order valence-electron chi connectivity index (χ4n) is 3.52. The van der Waals surface area contributed by atoms with E-state index in [2.05, 4.69) is 5.32 Å². The van der Waals surface area contributed by atoms with Gasteiger partial charge in [0.05, 0.1) is 29.3 Å². The molecule has 2 aromatic carbocycles. The van der Waals surface area contributed by atoms with Crippen LogP contribution in [0.5, 0.6) is 0 Å². The van der Waals surface area contributed by atoms with E-state index in [1.54, 1.807) is 6.07 Å². The quantitative estimate of drug-likeness (QED) is 0.753. The summed E-state index contributed by atoms with van der Waals surface area (Å²) in [5.74, 6) is -2.43. The number of imide groups is 1. The molecule has 3 amide bonds. The number of fused-ring (bicyclic) bond motifs is 1. The second-order valence-electron chi connectivity index (χ2n) is 6.96. The third-order valence-corrected chi connectivity index (χ3v) is 5.01. The molecule has 2 aromatic rings. The standard InChI is InChI=1S/C21H18N2O6/c24-18(12-3-1-4-13(9-12)21(27)28)22-14-6-7-16-17(10-14)20(26)23(19(16)25)11-15-5-2-8-29-15/h1,3-4,6-7,9-10,15H,2,5,8,11H2,(H,22,24)(H,27,28)/t15-/m0/s1. The molecule has 1 atom stereocenters. The van der Waals surface area contributed by atoms with Crippen LogP contribution >= 0.6 is 0 Å². The molecule has 0 aromatic heterocycles. The molecule has 8 nitrogen and oxygen atoms in total. The number of carboxylic acids is 1. The molecule has 0 radical (unpaired) electrons. The molecule has 2 aliphatic rings. The molecule has 0 unspecified atom stereocenters. The number of carbonyl (C=O) groups is 4. The molecule has 1 saturated heterocycles. The molecule has 0 spiro atoms. The number of hydrogen-bond donors (Lipinski definition) is 2. The zero-order valence-electron chi connectivity index (χ0n) is 15.4. The number of nitrogens with zero attached hydrogens (tertiary/aromatic N) is 1. The van der Waals surface area contributed by atoms with Gasteiger partial charge < -0.3 is 15.2 Å². The number of anilines is 1. The summed E-state index contributed by atoms with van der Waals surface area (Å²) in [5, 5.41) is 11.7. The minimum atomic E-state index is -1.13. The van der Waals surface area contributed by atoms with Crippen molar-refractivity contribution in [2.24, 2.45) is 0 Å². The highest BCUT2D eigenvalue weighted by molar-refractivity contribution is 6.22. The van der Waals surface area contributed by atoms with Crippen molar-refractivity contribution in [3.05, 3.63) is 64.7 Å². The molecule has 2 aliphatic heterocycles. The molecule has 148 valence electrons. The van der Waals surface area contributed by atoms with Crippen LogP contribution in [0.2, 0.25) is 0 Å². The highest BCUT2D eigenvalue weighted by Gasteiger charge is 2.37. The summed E-state index contributed by atoms with van der Waals surface area (Å²) in [7, 11) is 0. The fraction of sp³-hybridized carbons (Fsp3) is 0.238. The summed E-state index contributed by atoms with van der Waals surface area (Å²) in [5.41, 5.74) is 1.03. The highest BCUT2D eigenvalue weighted by atomic mass is 16.5. The predicted molar refractivity (Wildman–Crippen MR) is 102 cm³/mol. The van der Waals surface area contributed by atoms with Gasteiger partial charge in [-0.05, 0) is 49.2 Å². The maximum Gasteiger partial charge on any atom is 0.335 e. The summed E-state index contributed by atoms with van der Waals surface area (Å²) in [6, 6.07) is 10.1. The third kappa shape index (κ3) is 3.62. The van der Waals surface area contributed by atoms with Gasteiger partial charge in [0.15, 0.2) is 0 Å². The lowest BCUT2D eigenvalue weighted by Gasteiger charge is -2.17. The second kappa shape index (κ2) is 7.48. The second-order valence-corrected chi connectivity index (χ2v) is 6.96. The van der Waals surface area contributed by atoms with Crippen LogP contribution in [0.4, 0.5) is 5.69 Å². The van der Waals surface area contributed by atoms with Gasteiger partial charge in [-0.1, -0.05) is 6.07 Å². The topological polar surface area (TPSA) is 113 Å². The van der Waals surface area contributed by atoms with Gasteiger partial charge in [-0.2, -0.15) is 0 Å². The Morgan fingerprint density at radius 3 is 2.55 bits per heavy atom. The zero-order valence-corrected chi connectivity index (χ0v) is 15.4. The van der Waals surface area contributed by atoms with Gasteiger partial charge in [-0.25, -0.2) is 4.79 Å². The van der Waals surface area contributed by atoms with E-state index in [-0.39, 0.29) is 35.2 Å². The number of hydrogen-bond acceptors (Lipinski definition) is 5. The third-order valence-electron chi connectivity index (χ3n) is 5.01. The van der Waals surface area contributed by atoms with Gasteiger partial charge in [-0.3, -0.25) is 19.3 Å². The lowest BCUT2D eigenvalue weighted by molar-refractivity contribution is 0.0475. The largest absolute Gasteiger partial charge is 0.478 e. The maximum absolute atomic E-state index is 12.7. The van der Waals surface area contributed by atoms with E-state index in [9.17, 15) is 19.2 Å². The van der Waals surface area contributed by atoms with Gasteiger partial charge in [0.25, 0.3) is 17.7 Å². The number of benzene rings is 2. The number of aromatic carboxylic acids is 1. The molecule has 8 heteroatoms. The van der Waals surface area contributed by atoms with E-state index >= 15 is 0 Å². The van der Waals surface area contributed by atoms with Crippen LogP contribution in [0.3, 0.4) is 0 Å². The van der Waals surface area contributed by atoms with E-state index in [4.69, 9.17) is 9.84 Å². The Labute approximate surface area is 166 Å². The first-order valence-corrected chi connectivity index (χ1v) is 9.20. The Bertz CT molecular complexity index is 1030. The van der Waals surface area contributed by atoms with Crippen molar-refractivity contribution < 1.29 is 29.0 Å². The molecule has 4 rings (SSSR count). The van der Waals surface area contributed by atoms with Crippen LogP contribution in [0.25, 0.3) is 0 Å². The Morgan fingerprint density at radius 1 is 1.07 bits per heavy atom. The van der Waals surface area contributed by atoms with Gasteiger partial charge in [0, 0.05) is 17.9 Å². The van der Waals surface area contributed by atoms with Crippen molar-refractivity contribution in [3.8, 4) is 0 Å².